The second-order valence-electron chi connectivity index (χ2n) is 9.04. The number of nitrogens with one attached hydrogen (secondary N) is 1. The van der Waals surface area contributed by atoms with Gasteiger partial charge in [-0.1, -0.05) is 12.1 Å². The third-order valence-corrected chi connectivity index (χ3v) is 6.65. The number of benzene rings is 2. The fourth-order valence-electron chi connectivity index (χ4n) is 5.23. The summed E-state index contributed by atoms with van der Waals surface area (Å²) in [6, 6.07) is 19.9. The fraction of sp³-hybridized carbons (Fsp3) is 0.259. The number of hydrogen-bond donors (Lipinski definition) is 1. The van der Waals surface area contributed by atoms with Crippen LogP contribution in [-0.4, -0.2) is 34.4 Å². The van der Waals surface area contributed by atoms with Gasteiger partial charge in [-0.2, -0.15) is 5.26 Å². The van der Waals surface area contributed by atoms with Crippen LogP contribution in [0.2, 0.25) is 0 Å². The zero-order valence-corrected chi connectivity index (χ0v) is 18.8. The summed E-state index contributed by atoms with van der Waals surface area (Å²) < 4.78 is 1.87. The van der Waals surface area contributed by atoms with Crippen molar-refractivity contribution in [3.8, 4) is 17.2 Å². The van der Waals surface area contributed by atoms with E-state index in [0.29, 0.717) is 30.8 Å². The molecule has 0 spiro atoms. The first-order valence-electron chi connectivity index (χ1n) is 11.3. The van der Waals surface area contributed by atoms with Crippen LogP contribution in [0.25, 0.3) is 11.1 Å². The van der Waals surface area contributed by atoms with Crippen molar-refractivity contribution in [1.82, 2.24) is 9.47 Å². The minimum atomic E-state index is -0.128. The van der Waals surface area contributed by atoms with Crippen LogP contribution in [0, 0.1) is 17.2 Å². The zero-order valence-electron chi connectivity index (χ0n) is 18.8. The molecule has 7 nitrogen and oxygen atoms in total. The molecule has 2 atom stereocenters. The van der Waals surface area contributed by atoms with Gasteiger partial charge < -0.3 is 14.8 Å². The van der Waals surface area contributed by atoms with Crippen LogP contribution < -0.4 is 10.9 Å². The molecule has 2 bridgehead atoms. The summed E-state index contributed by atoms with van der Waals surface area (Å²) >= 11 is 0. The van der Waals surface area contributed by atoms with Crippen molar-refractivity contribution in [3.63, 3.8) is 0 Å². The maximum atomic E-state index is 13.2. The molecule has 3 aromatic rings. The normalized spacial score (nSPS) is 18.5. The van der Waals surface area contributed by atoms with Crippen molar-refractivity contribution in [3.05, 3.63) is 87.8 Å². The smallest absolute Gasteiger partial charge is 0.253 e. The van der Waals surface area contributed by atoms with Crippen LogP contribution in [0.1, 0.15) is 40.9 Å². The number of pyridine rings is 1. The number of aromatic nitrogens is 1. The molecule has 170 valence electrons. The molecule has 0 saturated carbocycles. The highest BCUT2D eigenvalue weighted by molar-refractivity contribution is 5.94. The molecule has 1 aromatic heterocycles. The first-order chi connectivity index (χ1) is 16.4. The maximum Gasteiger partial charge on any atom is 0.253 e. The second-order valence-corrected chi connectivity index (χ2v) is 9.04. The summed E-state index contributed by atoms with van der Waals surface area (Å²) in [5.41, 5.74) is 4.70. The molecule has 5 rings (SSSR count). The molecule has 0 unspecified atom stereocenters. The third-order valence-electron chi connectivity index (χ3n) is 6.65. The lowest BCUT2D eigenvalue weighted by Gasteiger charge is -2.43. The summed E-state index contributed by atoms with van der Waals surface area (Å²) in [6.07, 6.45) is 0.928. The van der Waals surface area contributed by atoms with Gasteiger partial charge in [-0.25, -0.2) is 0 Å². The number of hydrogen-bond acceptors (Lipinski definition) is 4. The van der Waals surface area contributed by atoms with E-state index < -0.39 is 0 Å². The lowest BCUT2D eigenvalue weighted by molar-refractivity contribution is -0.114. The van der Waals surface area contributed by atoms with Gasteiger partial charge in [-0.3, -0.25) is 14.4 Å². The quantitative estimate of drug-likeness (QED) is 0.657. The van der Waals surface area contributed by atoms with Crippen molar-refractivity contribution >= 4 is 17.5 Å². The van der Waals surface area contributed by atoms with Gasteiger partial charge >= 0.3 is 0 Å². The Hall–Kier alpha value is -4.18. The van der Waals surface area contributed by atoms with E-state index in [4.69, 9.17) is 5.26 Å². The molecule has 7 heteroatoms. The lowest BCUT2D eigenvalue weighted by atomic mass is 9.80. The number of anilines is 1. The minimum Gasteiger partial charge on any atom is -0.338 e. The average Bonchev–Trinajstić information content (AvgIpc) is 2.84. The van der Waals surface area contributed by atoms with Crippen LogP contribution in [-0.2, 0) is 11.3 Å². The van der Waals surface area contributed by atoms with Crippen molar-refractivity contribution in [2.24, 2.45) is 5.92 Å². The van der Waals surface area contributed by atoms with Crippen LogP contribution in [0.3, 0.4) is 0 Å². The number of fused-ring (bicyclic) bond motifs is 4. The van der Waals surface area contributed by atoms with Crippen molar-refractivity contribution in [2.45, 2.75) is 25.8 Å². The van der Waals surface area contributed by atoms with E-state index in [2.05, 4.69) is 11.4 Å². The van der Waals surface area contributed by atoms with Crippen LogP contribution >= 0.6 is 0 Å². The van der Waals surface area contributed by atoms with E-state index in [-0.39, 0.29) is 29.2 Å². The van der Waals surface area contributed by atoms with E-state index in [0.717, 1.165) is 28.9 Å². The Kier molecular flexibility index (Phi) is 5.50. The predicted molar refractivity (Wildman–Crippen MR) is 128 cm³/mol. The number of piperidine rings is 1. The molecule has 1 N–H and O–H groups in total. The topological polar surface area (TPSA) is 95.2 Å². The van der Waals surface area contributed by atoms with E-state index in [1.54, 1.807) is 30.3 Å². The van der Waals surface area contributed by atoms with Crippen LogP contribution in [0.4, 0.5) is 5.69 Å². The standard InChI is InChI=1S/C27H24N4O3/c1-17(32)29-23-8-6-20(7-9-23)24-10-11-25(33)31-15-19-12-22(26(24)31)16-30(14-19)27(34)21-4-2-18(13-28)3-5-21/h2-11,19,22H,12,14-16H2,1H3,(H,29,32)/t19-,22-/m0/s1. The molecule has 2 aliphatic heterocycles. The largest absolute Gasteiger partial charge is 0.338 e. The highest BCUT2D eigenvalue weighted by atomic mass is 16.2. The summed E-state index contributed by atoms with van der Waals surface area (Å²) in [6.45, 7) is 3.20. The first-order valence-corrected chi connectivity index (χ1v) is 11.3. The predicted octanol–water partition coefficient (Wildman–Crippen LogP) is 3.60. The average molecular weight is 453 g/mol. The number of likely N-dealkylation sites (tertiary alicyclic amines) is 1. The van der Waals surface area contributed by atoms with Crippen molar-refractivity contribution in [2.75, 3.05) is 18.4 Å². The van der Waals surface area contributed by atoms with Crippen LogP contribution in [0.15, 0.2) is 65.5 Å². The Morgan fingerprint density at radius 3 is 2.38 bits per heavy atom. The van der Waals surface area contributed by atoms with E-state index in [1.165, 1.54) is 6.92 Å². The Labute approximate surface area is 197 Å². The van der Waals surface area contributed by atoms with E-state index in [1.807, 2.05) is 39.8 Å². The molecule has 34 heavy (non-hydrogen) atoms. The number of rotatable bonds is 3. The minimum absolute atomic E-state index is 0.0183. The van der Waals surface area contributed by atoms with Gasteiger partial charge in [0.25, 0.3) is 11.5 Å². The molecule has 2 amide bonds. The summed E-state index contributed by atoms with van der Waals surface area (Å²) in [5.74, 6) is 0.0845. The summed E-state index contributed by atoms with van der Waals surface area (Å²) in [4.78, 5) is 39.2. The van der Waals surface area contributed by atoms with Crippen molar-refractivity contribution < 1.29 is 9.59 Å². The van der Waals surface area contributed by atoms with Gasteiger partial charge in [0.15, 0.2) is 0 Å². The summed E-state index contributed by atoms with van der Waals surface area (Å²) in [7, 11) is 0. The second kappa shape index (κ2) is 8.64. The van der Waals surface area contributed by atoms with Gasteiger partial charge in [0.05, 0.1) is 11.6 Å². The molecule has 2 aromatic carbocycles. The highest BCUT2D eigenvalue weighted by Gasteiger charge is 2.38. The van der Waals surface area contributed by atoms with Gasteiger partial charge in [-0.15, -0.1) is 0 Å². The van der Waals surface area contributed by atoms with Crippen LogP contribution in [0.5, 0.6) is 0 Å². The first kappa shape index (κ1) is 21.7. The number of amides is 2. The van der Waals surface area contributed by atoms with Gasteiger partial charge in [-0.05, 0) is 60.4 Å². The third kappa shape index (κ3) is 3.99. The number of carbonyl (C=O) groups is 2. The molecule has 2 aliphatic rings. The molecular weight excluding hydrogens is 428 g/mol. The number of nitriles is 1. The summed E-state index contributed by atoms with van der Waals surface area (Å²) in [5, 5.41) is 11.8. The zero-order chi connectivity index (χ0) is 23.8. The lowest BCUT2D eigenvalue weighted by Crippen LogP contribution is -2.49. The Morgan fingerprint density at radius 2 is 1.71 bits per heavy atom. The van der Waals surface area contributed by atoms with Gasteiger partial charge in [0, 0.05) is 61.1 Å². The fourth-order valence-corrected chi connectivity index (χ4v) is 5.23. The van der Waals surface area contributed by atoms with Gasteiger partial charge in [0.2, 0.25) is 5.91 Å². The van der Waals surface area contributed by atoms with Gasteiger partial charge in [0.1, 0.15) is 0 Å². The molecule has 1 saturated heterocycles. The molecular formula is C27H24N4O3. The Balaban J connectivity index is 1.47. The Morgan fingerprint density at radius 1 is 0.971 bits per heavy atom. The molecule has 1 fully saturated rings. The maximum absolute atomic E-state index is 13.2. The van der Waals surface area contributed by atoms with Crippen molar-refractivity contribution in [1.29, 1.82) is 5.26 Å². The highest BCUT2D eigenvalue weighted by Crippen LogP contribution is 2.40. The van der Waals surface area contributed by atoms with E-state index >= 15 is 0 Å². The number of carbonyl (C=O) groups excluding carboxylic acids is 2. The Bertz CT molecular complexity index is 1370. The van der Waals surface area contributed by atoms with E-state index in [9.17, 15) is 14.4 Å². The molecule has 3 heterocycles. The number of nitrogens with zero attached hydrogens (tertiary/aromatic N) is 3. The molecule has 0 radical (unpaired) electrons. The monoisotopic (exact) mass is 452 g/mol. The molecule has 0 aliphatic carbocycles. The SMILES string of the molecule is CC(=O)Nc1ccc(-c2ccc(=O)n3c2[C@H]2C[C@@H](CN(C(=O)c4ccc(C#N)cc4)C2)C3)cc1.